The smallest absolute Gasteiger partial charge is 0.407 e. The number of hydrogen-bond donors (Lipinski definition) is 2. The van der Waals surface area contributed by atoms with E-state index in [9.17, 15) is 4.79 Å². The van der Waals surface area contributed by atoms with Crippen molar-refractivity contribution >= 4 is 6.09 Å². The summed E-state index contributed by atoms with van der Waals surface area (Å²) in [6, 6.07) is 0.290. The molecule has 2 saturated carbocycles. The maximum atomic E-state index is 11.8. The van der Waals surface area contributed by atoms with Gasteiger partial charge in [-0.3, -0.25) is 0 Å². The van der Waals surface area contributed by atoms with E-state index in [0.717, 1.165) is 6.54 Å². The van der Waals surface area contributed by atoms with Crippen molar-refractivity contribution in [2.24, 2.45) is 23.5 Å². The fraction of sp³-hybridized carbons (Fsp3) is 0.923. The standard InChI is InChI=1S/C13H24N2O2/c1-13(2,3)17-12(16)15-11-8-4-5-10(11)9(6-8)7-14/h8-11H,4-7,14H2,1-3H3,(H,15,16). The van der Waals surface area contributed by atoms with Gasteiger partial charge in [-0.05, 0) is 64.3 Å². The Morgan fingerprint density at radius 3 is 2.65 bits per heavy atom. The lowest BCUT2D eigenvalue weighted by Gasteiger charge is -2.24. The van der Waals surface area contributed by atoms with E-state index in [1.807, 2.05) is 20.8 Å². The molecule has 0 saturated heterocycles. The molecule has 17 heavy (non-hydrogen) atoms. The first-order chi connectivity index (χ1) is 7.90. The minimum atomic E-state index is -0.422. The summed E-state index contributed by atoms with van der Waals surface area (Å²) in [6.07, 6.45) is 3.31. The van der Waals surface area contributed by atoms with Crippen molar-refractivity contribution in [3.05, 3.63) is 0 Å². The van der Waals surface area contributed by atoms with Crippen LogP contribution >= 0.6 is 0 Å². The summed E-state index contributed by atoms with van der Waals surface area (Å²) in [7, 11) is 0. The minimum Gasteiger partial charge on any atom is -0.444 e. The monoisotopic (exact) mass is 240 g/mol. The molecule has 4 unspecified atom stereocenters. The van der Waals surface area contributed by atoms with E-state index in [-0.39, 0.29) is 6.09 Å². The number of alkyl carbamates (subject to hydrolysis) is 1. The molecule has 2 bridgehead atoms. The lowest BCUT2D eigenvalue weighted by Crippen LogP contribution is -2.42. The first-order valence-corrected chi connectivity index (χ1v) is 6.60. The van der Waals surface area contributed by atoms with Crippen molar-refractivity contribution in [2.75, 3.05) is 6.54 Å². The van der Waals surface area contributed by atoms with E-state index >= 15 is 0 Å². The third kappa shape index (κ3) is 2.73. The molecule has 4 atom stereocenters. The van der Waals surface area contributed by atoms with Gasteiger partial charge < -0.3 is 15.8 Å². The highest BCUT2D eigenvalue weighted by Crippen LogP contribution is 2.48. The predicted molar refractivity (Wildman–Crippen MR) is 66.5 cm³/mol. The molecule has 0 aliphatic heterocycles. The number of carbonyl (C=O) groups is 1. The Morgan fingerprint density at radius 1 is 1.41 bits per heavy atom. The Morgan fingerprint density at radius 2 is 2.12 bits per heavy atom. The molecule has 4 nitrogen and oxygen atoms in total. The van der Waals surface area contributed by atoms with Crippen molar-refractivity contribution < 1.29 is 9.53 Å². The van der Waals surface area contributed by atoms with Crippen LogP contribution in [-0.4, -0.2) is 24.3 Å². The van der Waals surface area contributed by atoms with Gasteiger partial charge in [0, 0.05) is 6.04 Å². The number of nitrogens with two attached hydrogens (primary N) is 1. The summed E-state index contributed by atoms with van der Waals surface area (Å²) in [5, 5.41) is 3.05. The van der Waals surface area contributed by atoms with Crippen molar-refractivity contribution in [3.63, 3.8) is 0 Å². The second-order valence-corrected chi connectivity index (χ2v) is 6.40. The van der Waals surface area contributed by atoms with Gasteiger partial charge in [-0.1, -0.05) is 0 Å². The summed E-state index contributed by atoms with van der Waals surface area (Å²) in [4.78, 5) is 11.8. The van der Waals surface area contributed by atoms with Crippen molar-refractivity contribution in [2.45, 2.75) is 51.7 Å². The number of rotatable bonds is 2. The minimum absolute atomic E-state index is 0.280. The van der Waals surface area contributed by atoms with Gasteiger partial charge in [0.05, 0.1) is 0 Å². The van der Waals surface area contributed by atoms with Crippen molar-refractivity contribution in [1.82, 2.24) is 5.32 Å². The lowest BCUT2D eigenvalue weighted by molar-refractivity contribution is 0.0489. The van der Waals surface area contributed by atoms with E-state index in [4.69, 9.17) is 10.5 Å². The molecule has 98 valence electrons. The van der Waals surface area contributed by atoms with Gasteiger partial charge in [-0.25, -0.2) is 4.79 Å². The molecule has 1 amide bonds. The fourth-order valence-corrected chi connectivity index (χ4v) is 3.41. The summed E-state index contributed by atoms with van der Waals surface area (Å²) < 4.78 is 5.31. The molecule has 0 heterocycles. The Balaban J connectivity index is 1.90. The highest BCUT2D eigenvalue weighted by molar-refractivity contribution is 5.68. The van der Waals surface area contributed by atoms with E-state index < -0.39 is 5.60 Å². The molecule has 0 radical (unpaired) electrons. The van der Waals surface area contributed by atoms with Gasteiger partial charge in [0.15, 0.2) is 0 Å². The van der Waals surface area contributed by atoms with Gasteiger partial charge in [-0.15, -0.1) is 0 Å². The zero-order valence-electron chi connectivity index (χ0n) is 11.0. The Kier molecular flexibility index (Phi) is 3.34. The number of carbonyl (C=O) groups excluding carboxylic acids is 1. The quantitative estimate of drug-likeness (QED) is 0.774. The number of fused-ring (bicyclic) bond motifs is 2. The molecule has 0 aromatic carbocycles. The molecule has 0 spiro atoms. The van der Waals surface area contributed by atoms with Gasteiger partial charge in [0.2, 0.25) is 0 Å². The molecular weight excluding hydrogens is 216 g/mol. The Bertz CT molecular complexity index is 298. The zero-order chi connectivity index (χ0) is 12.6. The van der Waals surface area contributed by atoms with E-state index in [2.05, 4.69) is 5.32 Å². The van der Waals surface area contributed by atoms with Crippen LogP contribution in [0.2, 0.25) is 0 Å². The maximum absolute atomic E-state index is 11.8. The molecule has 2 rings (SSSR count). The maximum Gasteiger partial charge on any atom is 0.407 e. The van der Waals surface area contributed by atoms with E-state index in [0.29, 0.717) is 23.8 Å². The van der Waals surface area contributed by atoms with Crippen LogP contribution in [0.3, 0.4) is 0 Å². The molecule has 0 aromatic heterocycles. The number of hydrogen-bond acceptors (Lipinski definition) is 3. The molecule has 2 fully saturated rings. The first-order valence-electron chi connectivity index (χ1n) is 6.60. The third-order valence-electron chi connectivity index (χ3n) is 4.04. The van der Waals surface area contributed by atoms with Crippen LogP contribution in [0.5, 0.6) is 0 Å². The van der Waals surface area contributed by atoms with Gasteiger partial charge in [0.1, 0.15) is 5.60 Å². The average molecular weight is 240 g/mol. The van der Waals surface area contributed by atoms with Gasteiger partial charge >= 0.3 is 6.09 Å². The number of amides is 1. The Hall–Kier alpha value is -0.770. The van der Waals surface area contributed by atoms with Crippen LogP contribution in [-0.2, 0) is 4.74 Å². The first kappa shape index (κ1) is 12.7. The van der Waals surface area contributed by atoms with Crippen LogP contribution in [0, 0.1) is 17.8 Å². The van der Waals surface area contributed by atoms with E-state index in [1.165, 1.54) is 19.3 Å². The lowest BCUT2D eigenvalue weighted by atomic mass is 9.89. The van der Waals surface area contributed by atoms with Crippen LogP contribution in [0.15, 0.2) is 0 Å². The van der Waals surface area contributed by atoms with Crippen LogP contribution in [0.4, 0.5) is 4.79 Å². The largest absolute Gasteiger partial charge is 0.444 e. The SMILES string of the molecule is CC(C)(C)OC(=O)NC1C2CCC1C(CN)C2. The molecule has 4 heteroatoms. The van der Waals surface area contributed by atoms with Crippen molar-refractivity contribution in [3.8, 4) is 0 Å². The highest BCUT2D eigenvalue weighted by atomic mass is 16.6. The normalized spacial score (nSPS) is 36.0. The summed E-state index contributed by atoms with van der Waals surface area (Å²) in [5.74, 6) is 1.77. The van der Waals surface area contributed by atoms with Crippen molar-refractivity contribution in [1.29, 1.82) is 0 Å². The molecule has 3 N–H and O–H groups in total. The highest BCUT2D eigenvalue weighted by Gasteiger charge is 2.48. The predicted octanol–water partition coefficient (Wildman–Crippen LogP) is 1.88. The van der Waals surface area contributed by atoms with Crippen LogP contribution in [0.25, 0.3) is 0 Å². The number of nitrogens with one attached hydrogen (secondary N) is 1. The molecule has 2 aliphatic carbocycles. The second kappa shape index (κ2) is 4.48. The fourth-order valence-electron chi connectivity index (χ4n) is 3.41. The zero-order valence-corrected chi connectivity index (χ0v) is 11.0. The van der Waals surface area contributed by atoms with Gasteiger partial charge in [0.25, 0.3) is 0 Å². The number of ether oxygens (including phenoxy) is 1. The second-order valence-electron chi connectivity index (χ2n) is 6.40. The molecule has 0 aromatic rings. The summed E-state index contributed by atoms with van der Waals surface area (Å²) >= 11 is 0. The summed E-state index contributed by atoms with van der Waals surface area (Å²) in [6.45, 7) is 6.41. The molecular formula is C13H24N2O2. The van der Waals surface area contributed by atoms with Gasteiger partial charge in [-0.2, -0.15) is 0 Å². The average Bonchev–Trinajstić information content (AvgIpc) is 2.72. The Labute approximate surface area is 103 Å². The van der Waals surface area contributed by atoms with Crippen LogP contribution in [0.1, 0.15) is 40.0 Å². The van der Waals surface area contributed by atoms with E-state index in [1.54, 1.807) is 0 Å². The van der Waals surface area contributed by atoms with Crippen LogP contribution < -0.4 is 11.1 Å². The molecule has 2 aliphatic rings. The summed E-state index contributed by atoms with van der Waals surface area (Å²) in [5.41, 5.74) is 5.35. The third-order valence-corrected chi connectivity index (χ3v) is 4.04. The topological polar surface area (TPSA) is 64.3 Å².